The second-order valence-electron chi connectivity index (χ2n) is 11.8. The molecule has 3 aliphatic rings. The van der Waals surface area contributed by atoms with Crippen molar-refractivity contribution in [3.05, 3.63) is 64.3 Å². The van der Waals surface area contributed by atoms with Gasteiger partial charge in [-0.1, -0.05) is 13.8 Å². The molecule has 3 aliphatic heterocycles. The lowest BCUT2D eigenvalue weighted by molar-refractivity contribution is 0.159. The van der Waals surface area contributed by atoms with Gasteiger partial charge in [-0.05, 0) is 43.2 Å². The zero-order valence-electron chi connectivity index (χ0n) is 24.3. The van der Waals surface area contributed by atoms with E-state index in [1.54, 1.807) is 4.57 Å². The quantitative estimate of drug-likeness (QED) is 0.528. The zero-order chi connectivity index (χ0) is 27.8. The Hall–Kier alpha value is -3.43. The highest BCUT2D eigenvalue weighted by atomic mass is 16.1. The summed E-state index contributed by atoms with van der Waals surface area (Å²) in [6, 6.07) is 11.2. The van der Waals surface area contributed by atoms with Crippen LogP contribution in [0.5, 0.6) is 0 Å². The molecule has 3 aromatic rings. The van der Waals surface area contributed by atoms with E-state index in [0.717, 1.165) is 99.5 Å². The minimum atomic E-state index is 0.0464. The Kier molecular flexibility index (Phi) is 7.51. The lowest BCUT2D eigenvalue weighted by atomic mass is 9.97. The fourth-order valence-corrected chi connectivity index (χ4v) is 6.39. The third-order valence-corrected chi connectivity index (χ3v) is 8.69. The molecular formula is C31H42N8O. The van der Waals surface area contributed by atoms with Crippen molar-refractivity contribution in [2.24, 2.45) is 7.05 Å². The Morgan fingerprint density at radius 3 is 2.33 bits per heavy atom. The second kappa shape index (κ2) is 11.2. The maximum Gasteiger partial charge on any atom is 0.253 e. The first kappa shape index (κ1) is 26.8. The summed E-state index contributed by atoms with van der Waals surface area (Å²) < 4.78 is 1.67. The van der Waals surface area contributed by atoms with Crippen LogP contribution in [0.4, 0.5) is 17.3 Å². The molecule has 0 amide bonds. The van der Waals surface area contributed by atoms with E-state index in [4.69, 9.17) is 9.97 Å². The topological polar surface area (TPSA) is 72.8 Å². The van der Waals surface area contributed by atoms with E-state index in [-0.39, 0.29) is 11.5 Å². The van der Waals surface area contributed by atoms with Crippen molar-refractivity contribution in [1.82, 2.24) is 24.8 Å². The summed E-state index contributed by atoms with van der Waals surface area (Å²) in [7, 11) is 1.82. The first-order chi connectivity index (χ1) is 19.4. The number of nitrogens with one attached hydrogen (secondary N) is 1. The molecule has 3 fully saturated rings. The predicted molar refractivity (Wildman–Crippen MR) is 163 cm³/mol. The van der Waals surface area contributed by atoms with E-state index < -0.39 is 0 Å². The van der Waals surface area contributed by atoms with Crippen LogP contribution >= 0.6 is 0 Å². The van der Waals surface area contributed by atoms with E-state index >= 15 is 0 Å². The third kappa shape index (κ3) is 5.32. The first-order valence-corrected chi connectivity index (χ1v) is 14.7. The summed E-state index contributed by atoms with van der Waals surface area (Å²) in [5.41, 5.74) is 5.26. The van der Waals surface area contributed by atoms with Gasteiger partial charge in [-0.25, -0.2) is 9.97 Å². The van der Waals surface area contributed by atoms with Gasteiger partial charge in [-0.15, -0.1) is 0 Å². The molecule has 6 rings (SSSR count). The number of nitrogens with zero attached hydrogens (tertiary/aromatic N) is 7. The average Bonchev–Trinajstić information content (AvgIpc) is 2.99. The molecular weight excluding hydrogens is 500 g/mol. The molecule has 1 unspecified atom stereocenters. The second-order valence-corrected chi connectivity index (χ2v) is 11.8. The van der Waals surface area contributed by atoms with Crippen molar-refractivity contribution in [2.45, 2.75) is 32.7 Å². The molecule has 0 aromatic carbocycles. The molecule has 3 saturated heterocycles. The zero-order valence-corrected chi connectivity index (χ0v) is 24.3. The number of aromatic nitrogens is 3. The highest BCUT2D eigenvalue weighted by Crippen LogP contribution is 2.31. The number of anilines is 3. The van der Waals surface area contributed by atoms with Gasteiger partial charge in [0.1, 0.15) is 11.6 Å². The Morgan fingerprint density at radius 2 is 1.62 bits per heavy atom. The van der Waals surface area contributed by atoms with Gasteiger partial charge in [0.05, 0.1) is 17.6 Å². The minimum Gasteiger partial charge on any atom is -0.367 e. The van der Waals surface area contributed by atoms with Crippen molar-refractivity contribution >= 4 is 17.3 Å². The summed E-state index contributed by atoms with van der Waals surface area (Å²) in [5, 5.41) is 3.41. The van der Waals surface area contributed by atoms with Crippen molar-refractivity contribution in [1.29, 1.82) is 0 Å². The minimum absolute atomic E-state index is 0.0464. The molecule has 0 aliphatic carbocycles. The fourth-order valence-electron chi connectivity index (χ4n) is 6.39. The summed E-state index contributed by atoms with van der Waals surface area (Å²) in [6.45, 7) is 16.5. The van der Waals surface area contributed by atoms with Gasteiger partial charge in [0.2, 0.25) is 0 Å². The van der Waals surface area contributed by atoms with Gasteiger partial charge >= 0.3 is 0 Å². The number of pyridine rings is 3. The Balaban J connectivity index is 1.18. The van der Waals surface area contributed by atoms with Crippen molar-refractivity contribution in [3.63, 3.8) is 0 Å². The number of piperazine rings is 3. The highest BCUT2D eigenvalue weighted by Gasteiger charge is 2.33. The van der Waals surface area contributed by atoms with Gasteiger partial charge in [0.15, 0.2) is 0 Å². The lowest BCUT2D eigenvalue weighted by Gasteiger charge is -2.48. The van der Waals surface area contributed by atoms with Crippen LogP contribution in [0.25, 0.3) is 11.1 Å². The average molecular weight is 543 g/mol. The monoisotopic (exact) mass is 542 g/mol. The van der Waals surface area contributed by atoms with Gasteiger partial charge in [-0.2, -0.15) is 0 Å². The summed E-state index contributed by atoms with van der Waals surface area (Å²) in [6.07, 6.45) is 3.99. The standard InChI is InChI=1S/C31H42N8O/c1-22(2)30-27(24-17-23(3)31(40)35(4)19-24)6-8-29(34-30)39-16-14-36-13-15-38(20-26(36)21-39)25-5-7-28(33-18-25)37-11-9-32-10-12-37/h5-8,17-19,22,26,32H,9-16,20-21H2,1-4H3. The Morgan fingerprint density at radius 1 is 0.900 bits per heavy atom. The van der Waals surface area contributed by atoms with E-state index in [1.165, 1.54) is 5.69 Å². The number of rotatable bonds is 5. The molecule has 0 radical (unpaired) electrons. The number of hydrogen-bond acceptors (Lipinski definition) is 8. The number of fused-ring (bicyclic) bond motifs is 1. The van der Waals surface area contributed by atoms with Crippen LogP contribution in [0.1, 0.15) is 31.0 Å². The van der Waals surface area contributed by atoms with Crippen LogP contribution in [0.2, 0.25) is 0 Å². The predicted octanol–water partition coefficient (Wildman–Crippen LogP) is 2.69. The summed E-state index contributed by atoms with van der Waals surface area (Å²) in [5.74, 6) is 2.40. The SMILES string of the molecule is Cc1cc(-c2ccc(N3CCN4CCN(c5ccc(N6CCNCC6)nc5)CC4C3)nc2C(C)C)cn(C)c1=O. The lowest BCUT2D eigenvalue weighted by Crippen LogP contribution is -2.62. The molecule has 40 heavy (non-hydrogen) atoms. The molecule has 0 saturated carbocycles. The molecule has 3 aromatic heterocycles. The molecule has 9 heteroatoms. The van der Waals surface area contributed by atoms with Crippen molar-refractivity contribution < 1.29 is 0 Å². The van der Waals surface area contributed by atoms with Gasteiger partial charge in [0, 0.05) is 101 Å². The van der Waals surface area contributed by atoms with E-state index in [9.17, 15) is 4.79 Å². The number of aryl methyl sites for hydroxylation is 2. The number of hydrogen-bond donors (Lipinski definition) is 1. The molecule has 9 nitrogen and oxygen atoms in total. The maximum absolute atomic E-state index is 12.3. The van der Waals surface area contributed by atoms with Crippen LogP contribution in [-0.2, 0) is 7.05 Å². The normalized spacial score (nSPS) is 20.2. The molecule has 0 bridgehead atoms. The largest absolute Gasteiger partial charge is 0.367 e. The van der Waals surface area contributed by atoms with E-state index in [0.29, 0.717) is 6.04 Å². The molecule has 212 valence electrons. The Bertz CT molecular complexity index is 1370. The van der Waals surface area contributed by atoms with Crippen molar-refractivity contribution in [3.8, 4) is 11.1 Å². The van der Waals surface area contributed by atoms with Gasteiger partial charge in [0.25, 0.3) is 5.56 Å². The molecule has 1 atom stereocenters. The van der Waals surface area contributed by atoms with Gasteiger partial charge < -0.3 is 24.6 Å². The van der Waals surface area contributed by atoms with Crippen molar-refractivity contribution in [2.75, 3.05) is 80.1 Å². The summed E-state index contributed by atoms with van der Waals surface area (Å²) in [4.78, 5) is 32.3. The van der Waals surface area contributed by atoms with E-state index in [2.05, 4.69) is 69.2 Å². The summed E-state index contributed by atoms with van der Waals surface area (Å²) >= 11 is 0. The van der Waals surface area contributed by atoms with Gasteiger partial charge in [-0.3, -0.25) is 9.69 Å². The first-order valence-electron chi connectivity index (χ1n) is 14.7. The van der Waals surface area contributed by atoms with Crippen LogP contribution in [-0.4, -0.2) is 90.9 Å². The van der Waals surface area contributed by atoms with E-state index in [1.807, 2.05) is 26.2 Å². The third-order valence-electron chi connectivity index (χ3n) is 8.69. The fraction of sp³-hybridized carbons (Fsp3) is 0.516. The molecule has 0 spiro atoms. The van der Waals surface area contributed by atoms with Crippen LogP contribution in [0.3, 0.4) is 0 Å². The van der Waals surface area contributed by atoms with Crippen LogP contribution < -0.4 is 25.6 Å². The smallest absolute Gasteiger partial charge is 0.253 e. The van der Waals surface area contributed by atoms with Crippen LogP contribution in [0.15, 0.2) is 47.5 Å². The molecule has 6 heterocycles. The molecule has 1 N–H and O–H groups in total. The Labute approximate surface area is 237 Å². The van der Waals surface area contributed by atoms with Crippen LogP contribution in [0, 0.1) is 6.92 Å². The maximum atomic E-state index is 12.3. The highest BCUT2D eigenvalue weighted by molar-refractivity contribution is 5.68.